The predicted octanol–water partition coefficient (Wildman–Crippen LogP) is 3.73. The molecule has 5 nitrogen and oxygen atoms in total. The quantitative estimate of drug-likeness (QED) is 0.760. The SMILES string of the molecule is Cc1nc(-c2ccccc2)ccc1C(=O)N1CCN(c2ccccc2O)CC1. The third kappa shape index (κ3) is 3.56. The molecule has 0 aliphatic carbocycles. The highest BCUT2D eigenvalue weighted by atomic mass is 16.3. The van der Waals surface area contributed by atoms with E-state index in [0.29, 0.717) is 31.7 Å². The number of carbonyl (C=O) groups excluding carboxylic acids is 1. The summed E-state index contributed by atoms with van der Waals surface area (Å²) in [6.45, 7) is 4.51. The fourth-order valence-electron chi connectivity index (χ4n) is 3.61. The Labute approximate surface area is 164 Å². The Balaban J connectivity index is 1.46. The lowest BCUT2D eigenvalue weighted by Gasteiger charge is -2.36. The van der Waals surface area contributed by atoms with Crippen LogP contribution in [0.4, 0.5) is 5.69 Å². The van der Waals surface area contributed by atoms with Gasteiger partial charge in [0, 0.05) is 31.7 Å². The van der Waals surface area contributed by atoms with Gasteiger partial charge in [-0.2, -0.15) is 0 Å². The maximum absolute atomic E-state index is 13.0. The number of carbonyl (C=O) groups is 1. The molecule has 0 atom stereocenters. The van der Waals surface area contributed by atoms with Gasteiger partial charge < -0.3 is 14.9 Å². The van der Waals surface area contributed by atoms with E-state index in [1.807, 2.05) is 72.5 Å². The van der Waals surface area contributed by atoms with Gasteiger partial charge in [-0.25, -0.2) is 0 Å². The van der Waals surface area contributed by atoms with Crippen molar-refractivity contribution >= 4 is 11.6 Å². The first-order valence-electron chi connectivity index (χ1n) is 9.49. The molecule has 1 aliphatic heterocycles. The molecule has 1 N–H and O–H groups in total. The van der Waals surface area contributed by atoms with Gasteiger partial charge in [-0.1, -0.05) is 42.5 Å². The first kappa shape index (κ1) is 18.0. The smallest absolute Gasteiger partial charge is 0.255 e. The van der Waals surface area contributed by atoms with E-state index in [0.717, 1.165) is 22.6 Å². The van der Waals surface area contributed by atoms with E-state index in [4.69, 9.17) is 0 Å². The number of hydrogen-bond donors (Lipinski definition) is 1. The van der Waals surface area contributed by atoms with Gasteiger partial charge in [0.2, 0.25) is 0 Å². The number of anilines is 1. The highest BCUT2D eigenvalue weighted by Crippen LogP contribution is 2.27. The Bertz CT molecular complexity index is 980. The number of aromatic hydroxyl groups is 1. The fourth-order valence-corrected chi connectivity index (χ4v) is 3.61. The van der Waals surface area contributed by atoms with Crippen LogP contribution in [0.25, 0.3) is 11.3 Å². The zero-order valence-corrected chi connectivity index (χ0v) is 15.9. The molecule has 1 aliphatic rings. The molecule has 1 amide bonds. The molecule has 0 saturated carbocycles. The van der Waals surface area contributed by atoms with Gasteiger partial charge >= 0.3 is 0 Å². The molecule has 28 heavy (non-hydrogen) atoms. The topological polar surface area (TPSA) is 56.7 Å². The minimum Gasteiger partial charge on any atom is -0.506 e. The summed E-state index contributed by atoms with van der Waals surface area (Å²) in [7, 11) is 0. The number of aromatic nitrogens is 1. The molecule has 0 spiro atoms. The maximum Gasteiger partial charge on any atom is 0.255 e. The van der Waals surface area contributed by atoms with Gasteiger partial charge in [-0.05, 0) is 31.2 Å². The highest BCUT2D eigenvalue weighted by Gasteiger charge is 2.24. The van der Waals surface area contributed by atoms with Gasteiger partial charge in [0.25, 0.3) is 5.91 Å². The molecule has 0 bridgehead atoms. The van der Waals surface area contributed by atoms with Gasteiger partial charge in [-0.15, -0.1) is 0 Å². The normalized spacial score (nSPS) is 14.2. The van der Waals surface area contributed by atoms with Crippen molar-refractivity contribution in [2.75, 3.05) is 31.1 Å². The Morgan fingerprint density at radius 3 is 2.25 bits per heavy atom. The second-order valence-corrected chi connectivity index (χ2v) is 6.96. The van der Waals surface area contributed by atoms with Crippen molar-refractivity contribution in [2.24, 2.45) is 0 Å². The number of aryl methyl sites for hydroxylation is 1. The van der Waals surface area contributed by atoms with Crippen LogP contribution in [0, 0.1) is 6.92 Å². The lowest BCUT2D eigenvalue weighted by atomic mass is 10.1. The lowest BCUT2D eigenvalue weighted by molar-refractivity contribution is 0.0745. The number of benzene rings is 2. The van der Waals surface area contributed by atoms with Gasteiger partial charge in [0.05, 0.1) is 22.6 Å². The summed E-state index contributed by atoms with van der Waals surface area (Å²) >= 11 is 0. The summed E-state index contributed by atoms with van der Waals surface area (Å²) in [5.74, 6) is 0.292. The lowest BCUT2D eigenvalue weighted by Crippen LogP contribution is -2.49. The Hall–Kier alpha value is -3.34. The van der Waals surface area contributed by atoms with Crippen LogP contribution in [0.2, 0.25) is 0 Å². The number of phenolic OH excluding ortho intramolecular Hbond substituents is 1. The van der Waals surface area contributed by atoms with Crippen LogP contribution in [0.5, 0.6) is 5.75 Å². The molecule has 0 unspecified atom stereocenters. The maximum atomic E-state index is 13.0. The van der Waals surface area contributed by atoms with Crippen LogP contribution in [0.3, 0.4) is 0 Å². The van der Waals surface area contributed by atoms with Crippen molar-refractivity contribution < 1.29 is 9.90 Å². The van der Waals surface area contributed by atoms with Crippen molar-refractivity contribution in [3.05, 3.63) is 78.0 Å². The summed E-state index contributed by atoms with van der Waals surface area (Å²) in [5.41, 5.74) is 4.13. The summed E-state index contributed by atoms with van der Waals surface area (Å²) in [4.78, 5) is 21.6. The second-order valence-electron chi connectivity index (χ2n) is 6.96. The number of nitrogens with zero attached hydrogens (tertiary/aromatic N) is 3. The standard InChI is InChI=1S/C23H23N3O2/c1-17-19(11-12-20(24-17)18-7-3-2-4-8-18)23(28)26-15-13-25(14-16-26)21-9-5-6-10-22(21)27/h2-12,27H,13-16H2,1H3. The van der Waals surface area contributed by atoms with Crippen molar-refractivity contribution in [2.45, 2.75) is 6.92 Å². The Morgan fingerprint density at radius 1 is 0.893 bits per heavy atom. The van der Waals surface area contributed by atoms with Crippen LogP contribution >= 0.6 is 0 Å². The largest absolute Gasteiger partial charge is 0.506 e. The van der Waals surface area contributed by atoms with Crippen molar-refractivity contribution in [3.63, 3.8) is 0 Å². The van der Waals surface area contributed by atoms with Crippen molar-refractivity contribution in [1.82, 2.24) is 9.88 Å². The number of rotatable bonds is 3. The predicted molar refractivity (Wildman–Crippen MR) is 111 cm³/mol. The van der Waals surface area contributed by atoms with E-state index in [1.165, 1.54) is 0 Å². The minimum atomic E-state index is 0.0153. The molecule has 1 aromatic heterocycles. The van der Waals surface area contributed by atoms with E-state index >= 15 is 0 Å². The molecular formula is C23H23N3O2. The number of para-hydroxylation sites is 2. The van der Waals surface area contributed by atoms with E-state index in [1.54, 1.807) is 6.07 Å². The molecule has 5 heteroatoms. The molecule has 1 saturated heterocycles. The van der Waals surface area contributed by atoms with Crippen LogP contribution < -0.4 is 4.90 Å². The van der Waals surface area contributed by atoms with Crippen LogP contribution in [-0.2, 0) is 0 Å². The number of hydrogen-bond acceptors (Lipinski definition) is 4. The Kier molecular flexibility index (Phi) is 4.98. The highest BCUT2D eigenvalue weighted by molar-refractivity contribution is 5.95. The first-order valence-corrected chi connectivity index (χ1v) is 9.49. The van der Waals surface area contributed by atoms with E-state index in [-0.39, 0.29) is 11.7 Å². The zero-order chi connectivity index (χ0) is 19.5. The number of pyridine rings is 1. The van der Waals surface area contributed by atoms with Gasteiger partial charge in [-0.3, -0.25) is 9.78 Å². The number of amides is 1. The van der Waals surface area contributed by atoms with Gasteiger partial charge in [0.15, 0.2) is 0 Å². The number of phenols is 1. The zero-order valence-electron chi connectivity index (χ0n) is 15.9. The minimum absolute atomic E-state index is 0.0153. The molecule has 2 heterocycles. The molecular weight excluding hydrogens is 350 g/mol. The summed E-state index contributed by atoms with van der Waals surface area (Å²) in [5, 5.41) is 10.0. The molecule has 1 fully saturated rings. The number of piperazine rings is 1. The second kappa shape index (κ2) is 7.72. The molecule has 4 rings (SSSR count). The first-order chi connectivity index (χ1) is 13.6. The van der Waals surface area contributed by atoms with Crippen molar-refractivity contribution in [1.29, 1.82) is 0 Å². The average molecular weight is 373 g/mol. The monoisotopic (exact) mass is 373 g/mol. The van der Waals surface area contributed by atoms with E-state index in [9.17, 15) is 9.90 Å². The third-order valence-corrected chi connectivity index (χ3v) is 5.18. The van der Waals surface area contributed by atoms with Crippen LogP contribution in [0.15, 0.2) is 66.7 Å². The van der Waals surface area contributed by atoms with E-state index < -0.39 is 0 Å². The molecule has 142 valence electrons. The average Bonchev–Trinajstić information content (AvgIpc) is 2.74. The van der Waals surface area contributed by atoms with Gasteiger partial charge in [0.1, 0.15) is 5.75 Å². The van der Waals surface area contributed by atoms with Crippen LogP contribution in [0.1, 0.15) is 16.1 Å². The fraction of sp³-hybridized carbons (Fsp3) is 0.217. The third-order valence-electron chi connectivity index (χ3n) is 5.18. The van der Waals surface area contributed by atoms with E-state index in [2.05, 4.69) is 9.88 Å². The van der Waals surface area contributed by atoms with Crippen molar-refractivity contribution in [3.8, 4) is 17.0 Å². The summed E-state index contributed by atoms with van der Waals surface area (Å²) < 4.78 is 0. The summed E-state index contributed by atoms with van der Waals surface area (Å²) in [6, 6.07) is 21.1. The molecule has 2 aromatic carbocycles. The Morgan fingerprint density at radius 2 is 1.57 bits per heavy atom. The van der Waals surface area contributed by atoms with Crippen LogP contribution in [-0.4, -0.2) is 47.1 Å². The molecule has 3 aromatic rings. The summed E-state index contributed by atoms with van der Waals surface area (Å²) in [6.07, 6.45) is 0. The molecule has 0 radical (unpaired) electrons.